The van der Waals surface area contributed by atoms with Gasteiger partial charge in [-0.3, -0.25) is 9.89 Å². The molecule has 1 fully saturated rings. The number of ether oxygens (including phenoxy) is 1. The third kappa shape index (κ3) is 3.91. The van der Waals surface area contributed by atoms with Crippen molar-refractivity contribution >= 4 is 11.7 Å². The minimum Gasteiger partial charge on any atom is -0.497 e. The number of hydrogen-bond acceptors (Lipinski definition) is 3. The van der Waals surface area contributed by atoms with E-state index in [1.165, 1.54) is 6.07 Å². The molecule has 0 bridgehead atoms. The van der Waals surface area contributed by atoms with E-state index >= 15 is 0 Å². The number of carbonyl (C=O) groups excluding carboxylic acids is 1. The first-order valence-corrected chi connectivity index (χ1v) is 9.35. The molecule has 0 saturated heterocycles. The van der Waals surface area contributed by atoms with Gasteiger partial charge in [-0.1, -0.05) is 30.3 Å². The SMILES string of the molecule is COc1ccc(CC(=O)Nc2cc([C@H]3C[C@@H](c4ccccc4F)C3)n[nH]2)cc1. The van der Waals surface area contributed by atoms with Gasteiger partial charge in [0.1, 0.15) is 17.4 Å². The predicted octanol–water partition coefficient (Wildman–Crippen LogP) is 4.40. The zero-order valence-corrected chi connectivity index (χ0v) is 15.6. The van der Waals surface area contributed by atoms with Gasteiger partial charge >= 0.3 is 0 Å². The van der Waals surface area contributed by atoms with Crippen LogP contribution in [0.1, 0.15) is 41.5 Å². The lowest BCUT2D eigenvalue weighted by atomic mass is 9.70. The molecule has 6 heteroatoms. The largest absolute Gasteiger partial charge is 0.497 e. The van der Waals surface area contributed by atoms with Crippen LogP contribution in [0.15, 0.2) is 54.6 Å². The van der Waals surface area contributed by atoms with Crippen LogP contribution in [0.5, 0.6) is 5.75 Å². The summed E-state index contributed by atoms with van der Waals surface area (Å²) in [6.45, 7) is 0. The highest BCUT2D eigenvalue weighted by atomic mass is 19.1. The summed E-state index contributed by atoms with van der Waals surface area (Å²) in [6, 6.07) is 16.2. The van der Waals surface area contributed by atoms with Crippen LogP contribution in [-0.2, 0) is 11.2 Å². The Morgan fingerprint density at radius 1 is 1.18 bits per heavy atom. The summed E-state index contributed by atoms with van der Waals surface area (Å²) < 4.78 is 19.0. The molecule has 1 amide bonds. The topological polar surface area (TPSA) is 67.0 Å². The summed E-state index contributed by atoms with van der Waals surface area (Å²) in [5.41, 5.74) is 2.60. The van der Waals surface area contributed by atoms with Gasteiger partial charge < -0.3 is 10.1 Å². The molecule has 2 N–H and O–H groups in total. The van der Waals surface area contributed by atoms with Crippen LogP contribution in [0, 0.1) is 5.82 Å². The molecule has 144 valence electrons. The molecular weight excluding hydrogens is 357 g/mol. The van der Waals surface area contributed by atoms with Gasteiger partial charge in [-0.05, 0) is 48.1 Å². The summed E-state index contributed by atoms with van der Waals surface area (Å²) >= 11 is 0. The van der Waals surface area contributed by atoms with Gasteiger partial charge in [0.2, 0.25) is 5.91 Å². The number of H-pyrrole nitrogens is 1. The summed E-state index contributed by atoms with van der Waals surface area (Å²) in [7, 11) is 1.61. The fourth-order valence-corrected chi connectivity index (χ4v) is 3.65. The number of amides is 1. The van der Waals surface area contributed by atoms with E-state index in [2.05, 4.69) is 15.5 Å². The van der Waals surface area contributed by atoms with Crippen molar-refractivity contribution in [2.24, 2.45) is 0 Å². The summed E-state index contributed by atoms with van der Waals surface area (Å²) in [5, 5.41) is 10.0. The molecule has 5 nitrogen and oxygen atoms in total. The Bertz CT molecular complexity index is 962. The Hall–Kier alpha value is -3.15. The average molecular weight is 379 g/mol. The zero-order valence-electron chi connectivity index (χ0n) is 15.6. The number of hydrogen-bond donors (Lipinski definition) is 2. The Balaban J connectivity index is 1.31. The maximum absolute atomic E-state index is 13.9. The van der Waals surface area contributed by atoms with E-state index in [1.54, 1.807) is 13.2 Å². The second-order valence-corrected chi connectivity index (χ2v) is 7.17. The van der Waals surface area contributed by atoms with Crippen LogP contribution in [0.2, 0.25) is 0 Å². The quantitative estimate of drug-likeness (QED) is 0.667. The lowest BCUT2D eigenvalue weighted by molar-refractivity contribution is -0.115. The van der Waals surface area contributed by atoms with Crippen LogP contribution in [0.25, 0.3) is 0 Å². The van der Waals surface area contributed by atoms with E-state index in [0.29, 0.717) is 5.82 Å². The molecule has 1 saturated carbocycles. The van der Waals surface area contributed by atoms with Crippen molar-refractivity contribution in [1.29, 1.82) is 0 Å². The van der Waals surface area contributed by atoms with E-state index in [4.69, 9.17) is 4.74 Å². The highest BCUT2D eigenvalue weighted by molar-refractivity contribution is 5.91. The summed E-state index contributed by atoms with van der Waals surface area (Å²) in [5.74, 6) is 1.61. The number of aromatic nitrogens is 2. The van der Waals surface area contributed by atoms with E-state index in [-0.39, 0.29) is 30.0 Å². The molecule has 1 aliphatic carbocycles. The first-order valence-electron chi connectivity index (χ1n) is 9.35. The third-order valence-corrected chi connectivity index (χ3v) is 5.30. The van der Waals surface area contributed by atoms with Crippen LogP contribution in [0.3, 0.4) is 0 Å². The average Bonchev–Trinajstić information content (AvgIpc) is 3.10. The van der Waals surface area contributed by atoms with Crippen molar-refractivity contribution in [3.63, 3.8) is 0 Å². The van der Waals surface area contributed by atoms with E-state index in [0.717, 1.165) is 35.4 Å². The molecule has 0 radical (unpaired) electrons. The van der Waals surface area contributed by atoms with Crippen molar-refractivity contribution in [3.05, 3.63) is 77.2 Å². The molecule has 0 spiro atoms. The number of nitrogens with zero attached hydrogens (tertiary/aromatic N) is 1. The molecule has 0 aliphatic heterocycles. The Morgan fingerprint density at radius 3 is 2.64 bits per heavy atom. The number of nitrogens with one attached hydrogen (secondary N) is 2. The monoisotopic (exact) mass is 379 g/mol. The number of anilines is 1. The molecule has 3 aromatic rings. The minimum absolute atomic E-state index is 0.113. The second-order valence-electron chi connectivity index (χ2n) is 7.17. The number of aromatic amines is 1. The van der Waals surface area contributed by atoms with Crippen molar-refractivity contribution in [3.8, 4) is 5.75 Å². The lowest BCUT2D eigenvalue weighted by Gasteiger charge is -2.34. The fourth-order valence-electron chi connectivity index (χ4n) is 3.65. The van der Waals surface area contributed by atoms with Crippen LogP contribution < -0.4 is 10.1 Å². The molecule has 1 aliphatic rings. The van der Waals surface area contributed by atoms with E-state index in [1.807, 2.05) is 42.5 Å². The molecule has 0 atom stereocenters. The first-order chi connectivity index (χ1) is 13.6. The summed E-state index contributed by atoms with van der Waals surface area (Å²) in [4.78, 5) is 12.2. The number of halogens is 1. The van der Waals surface area contributed by atoms with Gasteiger partial charge in [0.25, 0.3) is 0 Å². The molecule has 1 aromatic heterocycles. The number of carbonyl (C=O) groups is 1. The van der Waals surface area contributed by atoms with Crippen molar-refractivity contribution in [2.45, 2.75) is 31.1 Å². The van der Waals surface area contributed by atoms with Crippen LogP contribution >= 0.6 is 0 Å². The summed E-state index contributed by atoms with van der Waals surface area (Å²) in [6.07, 6.45) is 2.01. The maximum Gasteiger partial charge on any atom is 0.229 e. The van der Waals surface area contributed by atoms with Crippen molar-refractivity contribution in [1.82, 2.24) is 10.2 Å². The normalized spacial score (nSPS) is 18.4. The van der Waals surface area contributed by atoms with Gasteiger partial charge in [0, 0.05) is 12.0 Å². The first kappa shape index (κ1) is 18.2. The highest BCUT2D eigenvalue weighted by Gasteiger charge is 2.34. The smallest absolute Gasteiger partial charge is 0.229 e. The van der Waals surface area contributed by atoms with Crippen LogP contribution in [-0.4, -0.2) is 23.2 Å². The maximum atomic E-state index is 13.9. The number of methoxy groups -OCH3 is 1. The molecule has 1 heterocycles. The minimum atomic E-state index is -0.139. The van der Waals surface area contributed by atoms with E-state index < -0.39 is 0 Å². The van der Waals surface area contributed by atoms with Gasteiger partial charge in [-0.2, -0.15) is 5.10 Å². The fraction of sp³-hybridized carbons (Fsp3) is 0.273. The van der Waals surface area contributed by atoms with Crippen LogP contribution in [0.4, 0.5) is 10.2 Å². The van der Waals surface area contributed by atoms with Gasteiger partial charge in [-0.25, -0.2) is 4.39 Å². The van der Waals surface area contributed by atoms with Gasteiger partial charge in [0.05, 0.1) is 19.2 Å². The van der Waals surface area contributed by atoms with Crippen molar-refractivity contribution in [2.75, 3.05) is 12.4 Å². The number of benzene rings is 2. The number of rotatable bonds is 6. The van der Waals surface area contributed by atoms with Gasteiger partial charge in [0.15, 0.2) is 0 Å². The lowest BCUT2D eigenvalue weighted by Crippen LogP contribution is -2.21. The highest BCUT2D eigenvalue weighted by Crippen LogP contribution is 2.47. The Kier molecular flexibility index (Phi) is 5.10. The predicted molar refractivity (Wildman–Crippen MR) is 105 cm³/mol. The third-order valence-electron chi connectivity index (χ3n) is 5.30. The van der Waals surface area contributed by atoms with Crippen molar-refractivity contribution < 1.29 is 13.9 Å². The zero-order chi connectivity index (χ0) is 19.5. The standard InChI is InChI=1S/C22H22FN3O2/c1-28-17-8-6-14(7-9-17)10-22(27)24-21-13-20(25-26-21)16-11-15(12-16)18-4-2-3-5-19(18)23/h2-9,13,15-16H,10-12H2,1H3,(H2,24,25,26,27)/t15-,16+. The molecule has 2 aromatic carbocycles. The molecule has 28 heavy (non-hydrogen) atoms. The molecular formula is C22H22FN3O2. The Labute approximate surface area is 162 Å². The second kappa shape index (κ2) is 7.84. The Morgan fingerprint density at radius 2 is 1.93 bits per heavy atom. The van der Waals surface area contributed by atoms with Gasteiger partial charge in [-0.15, -0.1) is 0 Å². The van der Waals surface area contributed by atoms with E-state index in [9.17, 15) is 9.18 Å². The molecule has 4 rings (SSSR count). The molecule has 0 unspecified atom stereocenters.